The number of nitrogens with one attached hydrogen (secondary N) is 3. The van der Waals surface area contributed by atoms with E-state index in [0.717, 1.165) is 4.47 Å². The summed E-state index contributed by atoms with van der Waals surface area (Å²) in [5.74, 6) is -0.811. The molecule has 0 atom stereocenters. The Hall–Kier alpha value is -2.76. The molecule has 1 aromatic heterocycles. The van der Waals surface area contributed by atoms with E-state index in [1.165, 1.54) is 41.8 Å². The second-order valence-electron chi connectivity index (χ2n) is 5.70. The molecular formula is C18H15BrN4O4S2. The Morgan fingerprint density at radius 3 is 2.34 bits per heavy atom. The van der Waals surface area contributed by atoms with Crippen molar-refractivity contribution >= 4 is 59.9 Å². The molecule has 3 N–H and O–H groups in total. The SMILES string of the molecule is O=C(CNC(=O)c1ccc(Br)cc1)Nc1ccc(S(=O)(=O)Nc2nccs2)cc1. The number of carbonyl (C=O) groups excluding carboxylic acids is 2. The number of thiazole rings is 1. The van der Waals surface area contributed by atoms with Crippen LogP contribution in [-0.2, 0) is 14.8 Å². The van der Waals surface area contributed by atoms with Gasteiger partial charge in [-0.05, 0) is 48.5 Å². The molecule has 0 unspecified atom stereocenters. The number of hydrogen-bond acceptors (Lipinski definition) is 6. The predicted molar refractivity (Wildman–Crippen MR) is 114 cm³/mol. The molecule has 0 bridgehead atoms. The van der Waals surface area contributed by atoms with Crippen LogP contribution in [0.5, 0.6) is 0 Å². The molecule has 0 radical (unpaired) electrons. The van der Waals surface area contributed by atoms with Crippen molar-refractivity contribution in [3.8, 4) is 0 Å². The summed E-state index contributed by atoms with van der Waals surface area (Å²) in [6.07, 6.45) is 1.50. The lowest BCUT2D eigenvalue weighted by Crippen LogP contribution is -2.32. The molecule has 0 spiro atoms. The second-order valence-corrected chi connectivity index (χ2v) is 9.20. The van der Waals surface area contributed by atoms with Crippen LogP contribution < -0.4 is 15.4 Å². The zero-order valence-electron chi connectivity index (χ0n) is 14.8. The molecule has 0 aliphatic carbocycles. The molecule has 8 nitrogen and oxygen atoms in total. The number of anilines is 2. The summed E-state index contributed by atoms with van der Waals surface area (Å²) in [4.78, 5) is 28.0. The first-order chi connectivity index (χ1) is 13.8. The first kappa shape index (κ1) is 21.0. The molecule has 0 saturated carbocycles. The summed E-state index contributed by atoms with van der Waals surface area (Å²) in [5, 5.41) is 7.04. The Kier molecular flexibility index (Phi) is 6.62. The van der Waals surface area contributed by atoms with Crippen molar-refractivity contribution in [1.29, 1.82) is 0 Å². The maximum Gasteiger partial charge on any atom is 0.263 e. The number of nitrogens with zero attached hydrogens (tertiary/aromatic N) is 1. The van der Waals surface area contributed by atoms with Gasteiger partial charge in [0.1, 0.15) is 0 Å². The van der Waals surface area contributed by atoms with Gasteiger partial charge in [0.05, 0.1) is 11.4 Å². The standard InChI is InChI=1S/C18H15BrN4O4S2/c19-13-3-1-12(2-4-13)17(25)21-11-16(24)22-14-5-7-15(8-6-14)29(26,27)23-18-20-9-10-28-18/h1-10H,11H2,(H,20,23)(H,21,25)(H,22,24). The van der Waals surface area contributed by atoms with Crippen LogP contribution in [-0.4, -0.2) is 31.8 Å². The van der Waals surface area contributed by atoms with Crippen LogP contribution in [0.1, 0.15) is 10.4 Å². The van der Waals surface area contributed by atoms with Gasteiger partial charge in [-0.1, -0.05) is 15.9 Å². The molecule has 0 aliphatic heterocycles. The zero-order valence-corrected chi connectivity index (χ0v) is 18.0. The summed E-state index contributed by atoms with van der Waals surface area (Å²) in [5.41, 5.74) is 0.837. The molecular weight excluding hydrogens is 480 g/mol. The quantitative estimate of drug-likeness (QED) is 0.466. The molecule has 3 aromatic rings. The predicted octanol–water partition coefficient (Wildman–Crippen LogP) is 3.07. The van der Waals surface area contributed by atoms with Crippen LogP contribution in [0.4, 0.5) is 10.8 Å². The number of amides is 2. The van der Waals surface area contributed by atoms with E-state index in [9.17, 15) is 18.0 Å². The monoisotopic (exact) mass is 494 g/mol. The van der Waals surface area contributed by atoms with Gasteiger partial charge >= 0.3 is 0 Å². The molecule has 2 amide bonds. The summed E-state index contributed by atoms with van der Waals surface area (Å²) in [6, 6.07) is 12.4. The first-order valence-electron chi connectivity index (χ1n) is 8.19. The van der Waals surface area contributed by atoms with Gasteiger partial charge in [0.15, 0.2) is 5.13 Å². The highest BCUT2D eigenvalue weighted by molar-refractivity contribution is 9.10. The van der Waals surface area contributed by atoms with Gasteiger partial charge in [-0.2, -0.15) is 0 Å². The van der Waals surface area contributed by atoms with Crippen molar-refractivity contribution in [2.45, 2.75) is 4.90 Å². The topological polar surface area (TPSA) is 117 Å². The van der Waals surface area contributed by atoms with Gasteiger partial charge < -0.3 is 10.6 Å². The maximum atomic E-state index is 12.3. The van der Waals surface area contributed by atoms with E-state index in [1.807, 2.05) is 0 Å². The summed E-state index contributed by atoms with van der Waals surface area (Å²) in [7, 11) is -3.76. The van der Waals surface area contributed by atoms with E-state index < -0.39 is 15.9 Å². The number of rotatable bonds is 7. The van der Waals surface area contributed by atoms with Crippen LogP contribution in [0.15, 0.2) is 69.5 Å². The van der Waals surface area contributed by atoms with Gasteiger partial charge in [0.2, 0.25) is 5.91 Å². The minimum atomic E-state index is -3.76. The lowest BCUT2D eigenvalue weighted by molar-refractivity contribution is -0.115. The molecule has 0 aliphatic rings. The highest BCUT2D eigenvalue weighted by atomic mass is 79.9. The van der Waals surface area contributed by atoms with Crippen molar-refractivity contribution < 1.29 is 18.0 Å². The van der Waals surface area contributed by atoms with Crippen LogP contribution in [0.2, 0.25) is 0 Å². The van der Waals surface area contributed by atoms with Gasteiger partial charge in [-0.25, -0.2) is 13.4 Å². The van der Waals surface area contributed by atoms with E-state index in [2.05, 4.69) is 36.3 Å². The third kappa shape index (κ3) is 5.86. The molecule has 3 rings (SSSR count). The van der Waals surface area contributed by atoms with Crippen molar-refractivity contribution in [3.63, 3.8) is 0 Å². The highest BCUT2D eigenvalue weighted by Crippen LogP contribution is 2.19. The molecule has 29 heavy (non-hydrogen) atoms. The van der Waals surface area contributed by atoms with Crippen molar-refractivity contribution in [2.75, 3.05) is 16.6 Å². The lowest BCUT2D eigenvalue weighted by Gasteiger charge is -2.09. The van der Waals surface area contributed by atoms with E-state index in [0.29, 0.717) is 11.3 Å². The third-order valence-electron chi connectivity index (χ3n) is 3.62. The third-order valence-corrected chi connectivity index (χ3v) is 6.32. The van der Waals surface area contributed by atoms with Gasteiger partial charge in [0.25, 0.3) is 15.9 Å². The Bertz CT molecular complexity index is 1100. The van der Waals surface area contributed by atoms with Crippen LogP contribution in [0.3, 0.4) is 0 Å². The zero-order chi connectivity index (χ0) is 20.9. The minimum absolute atomic E-state index is 0.0363. The van der Waals surface area contributed by atoms with Crippen molar-refractivity contribution in [2.24, 2.45) is 0 Å². The summed E-state index contributed by atoms with van der Waals surface area (Å²) in [6.45, 7) is -0.222. The second kappa shape index (κ2) is 9.16. The van der Waals surface area contributed by atoms with Crippen molar-refractivity contribution in [3.05, 3.63) is 70.1 Å². The van der Waals surface area contributed by atoms with Crippen molar-refractivity contribution in [1.82, 2.24) is 10.3 Å². The number of halogens is 1. The number of sulfonamides is 1. The summed E-state index contributed by atoms with van der Waals surface area (Å²) >= 11 is 4.45. The highest BCUT2D eigenvalue weighted by Gasteiger charge is 2.15. The first-order valence-corrected chi connectivity index (χ1v) is 11.3. The Labute approximate surface area is 179 Å². The molecule has 0 saturated heterocycles. The van der Waals surface area contributed by atoms with Crippen LogP contribution in [0, 0.1) is 0 Å². The van der Waals surface area contributed by atoms with Gasteiger partial charge in [-0.3, -0.25) is 14.3 Å². The number of benzene rings is 2. The fourth-order valence-corrected chi connectivity index (χ4v) is 4.29. The Balaban J connectivity index is 1.54. The van der Waals surface area contributed by atoms with Gasteiger partial charge in [0, 0.05) is 27.3 Å². The Morgan fingerprint density at radius 1 is 1.03 bits per heavy atom. The lowest BCUT2D eigenvalue weighted by atomic mass is 10.2. The molecule has 1 heterocycles. The fourth-order valence-electron chi connectivity index (χ4n) is 2.23. The number of hydrogen-bond donors (Lipinski definition) is 3. The van der Waals surface area contributed by atoms with Crippen LogP contribution >= 0.6 is 27.3 Å². The number of aromatic nitrogens is 1. The Morgan fingerprint density at radius 2 is 1.72 bits per heavy atom. The van der Waals surface area contributed by atoms with E-state index in [-0.39, 0.29) is 22.5 Å². The maximum absolute atomic E-state index is 12.3. The number of carbonyl (C=O) groups is 2. The average Bonchev–Trinajstić information content (AvgIpc) is 3.19. The van der Waals surface area contributed by atoms with E-state index in [1.54, 1.807) is 29.6 Å². The normalized spacial score (nSPS) is 10.9. The largest absolute Gasteiger partial charge is 0.343 e. The van der Waals surface area contributed by atoms with E-state index >= 15 is 0 Å². The molecule has 150 valence electrons. The summed E-state index contributed by atoms with van der Waals surface area (Å²) < 4.78 is 27.8. The molecule has 0 fully saturated rings. The fraction of sp³-hybridized carbons (Fsp3) is 0.0556. The van der Waals surface area contributed by atoms with E-state index in [4.69, 9.17) is 0 Å². The minimum Gasteiger partial charge on any atom is -0.343 e. The van der Waals surface area contributed by atoms with Gasteiger partial charge in [-0.15, -0.1) is 11.3 Å². The smallest absolute Gasteiger partial charge is 0.263 e. The average molecular weight is 495 g/mol. The van der Waals surface area contributed by atoms with Crippen LogP contribution in [0.25, 0.3) is 0 Å². The molecule has 2 aromatic carbocycles. The molecule has 11 heteroatoms.